The largest absolute Gasteiger partial charge is 0.465 e. The molecule has 0 radical (unpaired) electrons. The lowest BCUT2D eigenvalue weighted by Gasteiger charge is -2.13. The first-order valence-corrected chi connectivity index (χ1v) is 10.00. The molecule has 1 amide bonds. The van der Waals surface area contributed by atoms with Gasteiger partial charge in [-0.25, -0.2) is 14.6 Å². The molecule has 8 heteroatoms. The Hall–Kier alpha value is -4.46. The Morgan fingerprint density at radius 1 is 0.879 bits per heavy atom. The zero-order valence-electron chi connectivity index (χ0n) is 18.2. The SMILES string of the molecule is COC(=O)c1ccc(C(=O)OC)c(NC(=O)c2cc(-c3ccc(C)o3)nc3ccccc23)c1. The van der Waals surface area contributed by atoms with Gasteiger partial charge in [-0.15, -0.1) is 0 Å². The number of carbonyl (C=O) groups is 3. The van der Waals surface area contributed by atoms with Gasteiger partial charge in [0.25, 0.3) is 5.91 Å². The van der Waals surface area contributed by atoms with Crippen molar-refractivity contribution in [3.05, 3.63) is 83.1 Å². The molecule has 0 aliphatic rings. The minimum atomic E-state index is -0.659. The number of aryl methyl sites for hydroxylation is 1. The van der Waals surface area contributed by atoms with E-state index >= 15 is 0 Å². The van der Waals surface area contributed by atoms with Gasteiger partial charge in [-0.3, -0.25) is 4.79 Å². The van der Waals surface area contributed by atoms with E-state index in [4.69, 9.17) is 13.9 Å². The summed E-state index contributed by atoms with van der Waals surface area (Å²) in [7, 11) is 2.48. The topological polar surface area (TPSA) is 108 Å². The Morgan fingerprint density at radius 3 is 2.33 bits per heavy atom. The predicted octanol–water partition coefficient (Wildman–Crippen LogP) is 4.63. The standard InChI is InChI=1S/C25H20N2O6/c1-14-8-11-22(33-14)21-13-18(16-6-4-5-7-19(16)26-21)23(28)27-20-12-15(24(29)31-2)9-10-17(20)25(30)32-3/h4-13H,1-3H3,(H,27,28). The number of carbonyl (C=O) groups excluding carboxylic acids is 3. The van der Waals surface area contributed by atoms with Gasteiger partial charge in [-0.05, 0) is 49.4 Å². The van der Waals surface area contributed by atoms with E-state index in [1.165, 1.54) is 32.4 Å². The average Bonchev–Trinajstić information content (AvgIpc) is 3.28. The van der Waals surface area contributed by atoms with Crippen molar-refractivity contribution in [1.82, 2.24) is 4.98 Å². The van der Waals surface area contributed by atoms with Crippen LogP contribution < -0.4 is 5.32 Å². The van der Waals surface area contributed by atoms with Crippen molar-refractivity contribution in [2.75, 3.05) is 19.5 Å². The van der Waals surface area contributed by atoms with Gasteiger partial charge in [0.15, 0.2) is 5.76 Å². The monoisotopic (exact) mass is 444 g/mol. The summed E-state index contributed by atoms with van der Waals surface area (Å²) in [6.45, 7) is 1.82. The van der Waals surface area contributed by atoms with E-state index in [1.807, 2.05) is 19.1 Å². The smallest absolute Gasteiger partial charge is 0.339 e. The fourth-order valence-electron chi connectivity index (χ4n) is 3.43. The Bertz CT molecular complexity index is 1390. The molecule has 0 atom stereocenters. The first kappa shape index (κ1) is 21.8. The van der Waals surface area contributed by atoms with Crippen LogP contribution in [0.4, 0.5) is 5.69 Å². The van der Waals surface area contributed by atoms with Crippen LogP contribution in [-0.4, -0.2) is 37.0 Å². The zero-order chi connectivity index (χ0) is 23.5. The van der Waals surface area contributed by atoms with Crippen LogP contribution in [-0.2, 0) is 9.47 Å². The van der Waals surface area contributed by atoms with Gasteiger partial charge in [0.05, 0.1) is 42.1 Å². The van der Waals surface area contributed by atoms with Gasteiger partial charge in [-0.2, -0.15) is 0 Å². The zero-order valence-corrected chi connectivity index (χ0v) is 18.2. The number of hydrogen-bond acceptors (Lipinski definition) is 7. The van der Waals surface area contributed by atoms with E-state index in [0.717, 1.165) is 0 Å². The second-order valence-corrected chi connectivity index (χ2v) is 7.18. The molecule has 8 nitrogen and oxygen atoms in total. The van der Waals surface area contributed by atoms with Crippen molar-refractivity contribution in [3.8, 4) is 11.5 Å². The summed E-state index contributed by atoms with van der Waals surface area (Å²) in [5, 5.41) is 3.35. The summed E-state index contributed by atoms with van der Waals surface area (Å²) in [5.41, 5.74) is 1.80. The lowest BCUT2D eigenvalue weighted by atomic mass is 10.0. The van der Waals surface area contributed by atoms with Crippen molar-refractivity contribution in [3.63, 3.8) is 0 Å². The summed E-state index contributed by atoms with van der Waals surface area (Å²) >= 11 is 0. The predicted molar refractivity (Wildman–Crippen MR) is 121 cm³/mol. The number of hydrogen-bond donors (Lipinski definition) is 1. The number of nitrogens with one attached hydrogen (secondary N) is 1. The number of aromatic nitrogens is 1. The maximum atomic E-state index is 13.4. The highest BCUT2D eigenvalue weighted by Gasteiger charge is 2.20. The molecule has 0 spiro atoms. The van der Waals surface area contributed by atoms with Crippen LogP contribution in [0.15, 0.2) is 65.1 Å². The van der Waals surface area contributed by atoms with Crippen LogP contribution >= 0.6 is 0 Å². The molecule has 4 aromatic rings. The summed E-state index contributed by atoms with van der Waals surface area (Å²) in [6.07, 6.45) is 0. The lowest BCUT2D eigenvalue weighted by molar-refractivity contribution is 0.0587. The molecule has 2 aromatic heterocycles. The van der Waals surface area contributed by atoms with Gasteiger partial charge < -0.3 is 19.2 Å². The number of methoxy groups -OCH3 is 2. The number of furan rings is 1. The third-order valence-electron chi connectivity index (χ3n) is 5.05. The number of benzene rings is 2. The van der Waals surface area contributed by atoms with Crippen molar-refractivity contribution in [2.45, 2.75) is 6.92 Å². The highest BCUT2D eigenvalue weighted by atomic mass is 16.5. The Kier molecular flexibility index (Phi) is 5.91. The van der Waals surface area contributed by atoms with E-state index in [0.29, 0.717) is 33.7 Å². The van der Waals surface area contributed by atoms with E-state index in [-0.39, 0.29) is 16.8 Å². The molecule has 0 aliphatic carbocycles. The van der Waals surface area contributed by atoms with E-state index in [1.54, 1.807) is 30.3 Å². The fourth-order valence-corrected chi connectivity index (χ4v) is 3.43. The van der Waals surface area contributed by atoms with Crippen molar-refractivity contribution in [1.29, 1.82) is 0 Å². The molecule has 0 saturated heterocycles. The molecule has 0 fully saturated rings. The van der Waals surface area contributed by atoms with Crippen LogP contribution in [0.1, 0.15) is 36.8 Å². The van der Waals surface area contributed by atoms with Crippen LogP contribution in [0.5, 0.6) is 0 Å². The lowest BCUT2D eigenvalue weighted by Crippen LogP contribution is -2.17. The van der Waals surface area contributed by atoms with Crippen LogP contribution in [0.2, 0.25) is 0 Å². The number of esters is 2. The maximum Gasteiger partial charge on any atom is 0.339 e. The minimum absolute atomic E-state index is 0.0961. The molecule has 4 rings (SSSR count). The van der Waals surface area contributed by atoms with E-state index in [2.05, 4.69) is 10.3 Å². The summed E-state index contributed by atoms with van der Waals surface area (Å²) in [4.78, 5) is 42.2. The van der Waals surface area contributed by atoms with Gasteiger partial charge in [-0.1, -0.05) is 18.2 Å². The number of anilines is 1. The third kappa shape index (κ3) is 4.31. The molecular weight excluding hydrogens is 424 g/mol. The molecule has 0 bridgehead atoms. The van der Waals surface area contributed by atoms with Crippen LogP contribution in [0.25, 0.3) is 22.4 Å². The number of fused-ring (bicyclic) bond motifs is 1. The molecule has 0 unspecified atom stereocenters. The highest BCUT2D eigenvalue weighted by Crippen LogP contribution is 2.28. The number of nitrogens with zero attached hydrogens (tertiary/aromatic N) is 1. The van der Waals surface area contributed by atoms with E-state index < -0.39 is 17.8 Å². The van der Waals surface area contributed by atoms with Crippen molar-refractivity contribution < 1.29 is 28.3 Å². The Morgan fingerprint density at radius 2 is 1.64 bits per heavy atom. The molecule has 2 aromatic carbocycles. The first-order valence-electron chi connectivity index (χ1n) is 10.00. The van der Waals surface area contributed by atoms with Gasteiger partial charge in [0.1, 0.15) is 11.5 Å². The fraction of sp³-hybridized carbons (Fsp3) is 0.120. The third-order valence-corrected chi connectivity index (χ3v) is 5.05. The molecule has 0 saturated carbocycles. The number of rotatable bonds is 5. The van der Waals surface area contributed by atoms with Crippen LogP contribution in [0, 0.1) is 6.92 Å². The molecular formula is C25H20N2O6. The number of ether oxygens (including phenoxy) is 2. The highest BCUT2D eigenvalue weighted by molar-refractivity contribution is 6.15. The van der Waals surface area contributed by atoms with Gasteiger partial charge in [0, 0.05) is 5.39 Å². The Balaban J connectivity index is 1.81. The maximum absolute atomic E-state index is 13.4. The molecule has 1 N–H and O–H groups in total. The molecule has 166 valence electrons. The van der Waals surface area contributed by atoms with Gasteiger partial charge in [0.2, 0.25) is 0 Å². The van der Waals surface area contributed by atoms with Gasteiger partial charge >= 0.3 is 11.9 Å². The van der Waals surface area contributed by atoms with Crippen molar-refractivity contribution in [2.24, 2.45) is 0 Å². The number of para-hydroxylation sites is 1. The number of pyridine rings is 1. The molecule has 33 heavy (non-hydrogen) atoms. The molecule has 2 heterocycles. The van der Waals surface area contributed by atoms with E-state index in [9.17, 15) is 14.4 Å². The normalized spacial score (nSPS) is 10.6. The summed E-state index contributed by atoms with van der Waals surface area (Å²) in [6, 6.07) is 16.6. The number of amides is 1. The summed E-state index contributed by atoms with van der Waals surface area (Å²) in [5.74, 6) is -0.520. The van der Waals surface area contributed by atoms with Crippen molar-refractivity contribution >= 4 is 34.4 Å². The molecule has 0 aliphatic heterocycles. The second-order valence-electron chi connectivity index (χ2n) is 7.18. The minimum Gasteiger partial charge on any atom is -0.465 e. The second kappa shape index (κ2) is 8.96. The first-order chi connectivity index (χ1) is 15.9. The van der Waals surface area contributed by atoms with Crippen LogP contribution in [0.3, 0.4) is 0 Å². The Labute approximate surface area is 189 Å². The summed E-state index contributed by atoms with van der Waals surface area (Å²) < 4.78 is 15.2. The quantitative estimate of drug-likeness (QED) is 0.447. The average molecular weight is 444 g/mol.